The van der Waals surface area contributed by atoms with Crippen LogP contribution in [-0.2, 0) is 9.53 Å². The first-order chi connectivity index (χ1) is 10.6. The van der Waals surface area contributed by atoms with Crippen LogP contribution in [0.2, 0.25) is 5.02 Å². The molecule has 0 bridgehead atoms. The van der Waals surface area contributed by atoms with Crippen LogP contribution in [0.25, 0.3) is 0 Å². The molecule has 2 aliphatic rings. The Balaban J connectivity index is 1.58. The van der Waals surface area contributed by atoms with Crippen molar-refractivity contribution in [3.8, 4) is 0 Å². The molecule has 1 saturated carbocycles. The molecule has 0 aromatic heterocycles. The molecule has 1 aliphatic carbocycles. The minimum Gasteiger partial charge on any atom is -0.381 e. The molecule has 2 fully saturated rings. The van der Waals surface area contributed by atoms with Crippen LogP contribution in [0.3, 0.4) is 0 Å². The molecule has 22 heavy (non-hydrogen) atoms. The Morgan fingerprint density at radius 3 is 2.82 bits per heavy atom. The second-order valence-corrected chi connectivity index (χ2v) is 6.74. The van der Waals surface area contributed by atoms with Crippen molar-refractivity contribution in [3.63, 3.8) is 0 Å². The van der Waals surface area contributed by atoms with E-state index in [-0.39, 0.29) is 29.6 Å². The Morgan fingerprint density at radius 2 is 2.14 bits per heavy atom. The van der Waals surface area contributed by atoms with Crippen LogP contribution in [0, 0.1) is 17.7 Å². The molecule has 1 aromatic carbocycles. The molecule has 1 heterocycles. The average molecular weight is 326 g/mol. The molecule has 1 aliphatic heterocycles. The van der Waals surface area contributed by atoms with Crippen LogP contribution in [0.1, 0.15) is 37.7 Å². The maximum Gasteiger partial charge on any atom is 0.223 e. The fraction of sp³-hybridized carbons (Fsp3) is 0.588. The van der Waals surface area contributed by atoms with Gasteiger partial charge in [-0.2, -0.15) is 0 Å². The van der Waals surface area contributed by atoms with Gasteiger partial charge in [0.1, 0.15) is 5.82 Å². The minimum atomic E-state index is -0.285. The van der Waals surface area contributed by atoms with Crippen molar-refractivity contribution >= 4 is 17.5 Å². The summed E-state index contributed by atoms with van der Waals surface area (Å²) in [6.07, 6.45) is 2.62. The molecule has 1 amide bonds. The lowest BCUT2D eigenvalue weighted by Gasteiger charge is -2.27. The molecule has 1 aromatic rings. The van der Waals surface area contributed by atoms with Crippen LogP contribution in [0.15, 0.2) is 18.2 Å². The van der Waals surface area contributed by atoms with E-state index in [1.807, 2.05) is 6.92 Å². The molecule has 0 unspecified atom stereocenters. The normalized spacial score (nSPS) is 26.5. The van der Waals surface area contributed by atoms with E-state index in [0.29, 0.717) is 16.5 Å². The first-order valence-electron chi connectivity index (χ1n) is 7.90. The Bertz CT molecular complexity index is 539. The molecule has 3 nitrogen and oxygen atoms in total. The summed E-state index contributed by atoms with van der Waals surface area (Å²) in [5, 5.41) is 3.49. The van der Waals surface area contributed by atoms with E-state index in [0.717, 1.165) is 32.5 Å². The van der Waals surface area contributed by atoms with Gasteiger partial charge in [0.15, 0.2) is 0 Å². The zero-order valence-corrected chi connectivity index (χ0v) is 13.4. The van der Waals surface area contributed by atoms with Crippen LogP contribution in [0.5, 0.6) is 0 Å². The summed E-state index contributed by atoms with van der Waals surface area (Å²) in [7, 11) is 0. The fourth-order valence-corrected chi connectivity index (χ4v) is 3.59. The Morgan fingerprint density at radius 1 is 1.41 bits per heavy atom. The molecule has 3 rings (SSSR count). The fourth-order valence-electron chi connectivity index (χ4n) is 3.28. The van der Waals surface area contributed by atoms with Crippen LogP contribution in [-0.4, -0.2) is 25.2 Å². The minimum absolute atomic E-state index is 0.000427. The van der Waals surface area contributed by atoms with E-state index in [2.05, 4.69) is 5.32 Å². The van der Waals surface area contributed by atoms with Gasteiger partial charge < -0.3 is 10.1 Å². The van der Waals surface area contributed by atoms with Gasteiger partial charge >= 0.3 is 0 Å². The molecule has 0 spiro atoms. The number of halogens is 2. The highest BCUT2D eigenvalue weighted by atomic mass is 35.5. The van der Waals surface area contributed by atoms with Crippen LogP contribution in [0.4, 0.5) is 4.39 Å². The summed E-state index contributed by atoms with van der Waals surface area (Å²) >= 11 is 6.08. The van der Waals surface area contributed by atoms with Gasteiger partial charge in [-0.1, -0.05) is 24.6 Å². The number of hydrogen-bond donors (Lipinski definition) is 1. The second kappa shape index (κ2) is 6.55. The molecule has 1 saturated heterocycles. The van der Waals surface area contributed by atoms with Crippen molar-refractivity contribution in [2.24, 2.45) is 11.8 Å². The molecule has 5 heteroatoms. The molecule has 1 N–H and O–H groups in total. The average Bonchev–Trinajstić information content (AvgIpc) is 3.26. The first kappa shape index (κ1) is 15.8. The van der Waals surface area contributed by atoms with Gasteiger partial charge in [0, 0.05) is 41.7 Å². The summed E-state index contributed by atoms with van der Waals surface area (Å²) in [5.41, 5.74) is 0.535. The summed E-state index contributed by atoms with van der Waals surface area (Å²) < 4.78 is 19.2. The van der Waals surface area contributed by atoms with Gasteiger partial charge in [-0.3, -0.25) is 4.79 Å². The number of hydrogen-bond acceptors (Lipinski definition) is 2. The summed E-state index contributed by atoms with van der Waals surface area (Å²) in [6, 6.07) is 4.72. The lowest BCUT2D eigenvalue weighted by Crippen LogP contribution is -2.37. The number of carbonyl (C=O) groups excluding carboxylic acids is 1. The van der Waals surface area contributed by atoms with Gasteiger partial charge in [-0.25, -0.2) is 4.39 Å². The molecular formula is C17H21ClFNO2. The van der Waals surface area contributed by atoms with Gasteiger partial charge in [0.2, 0.25) is 5.91 Å². The largest absolute Gasteiger partial charge is 0.381 e. The van der Waals surface area contributed by atoms with Crippen molar-refractivity contribution in [3.05, 3.63) is 34.6 Å². The summed E-state index contributed by atoms with van der Waals surface area (Å²) in [4.78, 5) is 12.4. The number of benzene rings is 1. The maximum absolute atomic E-state index is 13.9. The van der Waals surface area contributed by atoms with E-state index in [4.69, 9.17) is 16.3 Å². The standard InChI is InChI=1S/C17H21ClFNO2/c1-10(11-5-7-22-8-6-11)17(21)20-15-9-12(15)16-13(18)3-2-4-14(16)19/h2-4,10-12,15H,5-9H2,1H3,(H,20,21)/t10-,12+,15+/m0/s1. The predicted molar refractivity (Wildman–Crippen MR) is 83.4 cm³/mol. The van der Waals surface area contributed by atoms with Crippen molar-refractivity contribution in [1.29, 1.82) is 0 Å². The highest BCUT2D eigenvalue weighted by molar-refractivity contribution is 6.31. The van der Waals surface area contributed by atoms with Crippen LogP contribution < -0.4 is 5.32 Å². The summed E-state index contributed by atoms with van der Waals surface area (Å²) in [5.74, 6) is 0.127. The number of amides is 1. The van der Waals surface area contributed by atoms with Crippen molar-refractivity contribution < 1.29 is 13.9 Å². The molecule has 0 radical (unpaired) electrons. The lowest BCUT2D eigenvalue weighted by atomic mass is 9.87. The van der Waals surface area contributed by atoms with E-state index >= 15 is 0 Å². The van der Waals surface area contributed by atoms with Gasteiger partial charge in [0.05, 0.1) is 0 Å². The first-order valence-corrected chi connectivity index (χ1v) is 8.27. The summed E-state index contributed by atoms with van der Waals surface area (Å²) in [6.45, 7) is 3.44. The Kier molecular flexibility index (Phi) is 4.69. The zero-order valence-electron chi connectivity index (χ0n) is 12.6. The predicted octanol–water partition coefficient (Wildman–Crippen LogP) is 3.51. The van der Waals surface area contributed by atoms with Gasteiger partial charge in [-0.05, 0) is 37.3 Å². The Labute approximate surface area is 135 Å². The van der Waals surface area contributed by atoms with Gasteiger partial charge in [-0.15, -0.1) is 0 Å². The number of nitrogens with one attached hydrogen (secondary N) is 1. The number of carbonyl (C=O) groups is 1. The van der Waals surface area contributed by atoms with E-state index in [1.165, 1.54) is 6.07 Å². The molecular weight excluding hydrogens is 305 g/mol. The SMILES string of the molecule is C[C@H](C(=O)N[C@@H]1C[C@H]1c1c(F)cccc1Cl)C1CCOCC1. The molecule has 120 valence electrons. The maximum atomic E-state index is 13.9. The second-order valence-electron chi connectivity index (χ2n) is 6.33. The highest BCUT2D eigenvalue weighted by Gasteiger charge is 2.43. The third-order valence-corrected chi connectivity index (χ3v) is 5.20. The zero-order chi connectivity index (χ0) is 15.7. The quantitative estimate of drug-likeness (QED) is 0.920. The number of rotatable bonds is 4. The third kappa shape index (κ3) is 3.28. The Hall–Kier alpha value is -1.13. The monoisotopic (exact) mass is 325 g/mol. The van der Waals surface area contributed by atoms with Crippen LogP contribution >= 0.6 is 11.6 Å². The van der Waals surface area contributed by atoms with E-state index in [1.54, 1.807) is 12.1 Å². The smallest absolute Gasteiger partial charge is 0.223 e. The lowest BCUT2D eigenvalue weighted by molar-refractivity contribution is -0.127. The van der Waals surface area contributed by atoms with E-state index in [9.17, 15) is 9.18 Å². The van der Waals surface area contributed by atoms with Crippen molar-refractivity contribution in [2.45, 2.75) is 38.1 Å². The topological polar surface area (TPSA) is 38.3 Å². The molecule has 3 atom stereocenters. The third-order valence-electron chi connectivity index (χ3n) is 4.88. The van der Waals surface area contributed by atoms with Crippen molar-refractivity contribution in [1.82, 2.24) is 5.32 Å². The number of ether oxygens (including phenoxy) is 1. The van der Waals surface area contributed by atoms with Gasteiger partial charge in [0.25, 0.3) is 0 Å². The van der Waals surface area contributed by atoms with E-state index < -0.39 is 0 Å². The highest BCUT2D eigenvalue weighted by Crippen LogP contribution is 2.45. The van der Waals surface area contributed by atoms with Crippen molar-refractivity contribution in [2.75, 3.05) is 13.2 Å².